The van der Waals surface area contributed by atoms with Crippen LogP contribution in [0.25, 0.3) is 0 Å². The third kappa shape index (κ3) is 8.70. The molecule has 0 aliphatic rings. The maximum absolute atomic E-state index is 2.29. The Morgan fingerprint density at radius 2 is 1.08 bits per heavy atom. The van der Waals surface area contributed by atoms with Crippen LogP contribution >= 0.6 is 0 Å². The highest BCUT2D eigenvalue weighted by Crippen LogP contribution is 2.26. The average Bonchev–Trinajstić information content (AvgIpc) is 2.70. The minimum atomic E-state index is 1.09. The van der Waals surface area contributed by atoms with Crippen LogP contribution in [-0.4, -0.2) is 0 Å². The standard InChI is InChI=1S/C26H37/c1-2-3-4-5-6-7-8-9-10-15-22-26(25-20-16-12-17-21-25)23-24-18-13-11-14-19-24/h11-14,16-21H,2-10,15,22-23H2,1H3. The molecule has 2 aromatic rings. The fourth-order valence-electron chi connectivity index (χ4n) is 3.68. The Hall–Kier alpha value is -1.56. The molecular weight excluding hydrogens is 312 g/mol. The van der Waals surface area contributed by atoms with Crippen molar-refractivity contribution in [2.45, 2.75) is 84.0 Å². The van der Waals surface area contributed by atoms with E-state index >= 15 is 0 Å². The predicted octanol–water partition coefficient (Wildman–Crippen LogP) is 8.16. The van der Waals surface area contributed by atoms with Gasteiger partial charge in [-0.25, -0.2) is 0 Å². The van der Waals surface area contributed by atoms with E-state index in [1.165, 1.54) is 81.8 Å². The third-order valence-electron chi connectivity index (χ3n) is 5.27. The van der Waals surface area contributed by atoms with E-state index in [9.17, 15) is 0 Å². The zero-order valence-corrected chi connectivity index (χ0v) is 16.8. The fraction of sp³-hybridized carbons (Fsp3) is 0.500. The van der Waals surface area contributed by atoms with E-state index < -0.39 is 0 Å². The van der Waals surface area contributed by atoms with Gasteiger partial charge in [0, 0.05) is 5.92 Å². The summed E-state index contributed by atoms with van der Waals surface area (Å²) < 4.78 is 0. The molecule has 0 N–H and O–H groups in total. The number of benzene rings is 2. The Morgan fingerprint density at radius 3 is 1.65 bits per heavy atom. The summed E-state index contributed by atoms with van der Waals surface area (Å²) in [6.45, 7) is 2.29. The maximum atomic E-state index is 2.29. The predicted molar refractivity (Wildman–Crippen MR) is 115 cm³/mol. The third-order valence-corrected chi connectivity index (χ3v) is 5.27. The van der Waals surface area contributed by atoms with Crippen molar-refractivity contribution in [3.63, 3.8) is 0 Å². The molecule has 0 heteroatoms. The quantitative estimate of drug-likeness (QED) is 0.302. The van der Waals surface area contributed by atoms with Gasteiger partial charge in [-0.2, -0.15) is 0 Å². The molecule has 0 saturated heterocycles. The zero-order valence-electron chi connectivity index (χ0n) is 16.8. The van der Waals surface area contributed by atoms with Gasteiger partial charge in [-0.3, -0.25) is 0 Å². The second kappa shape index (κ2) is 13.6. The van der Waals surface area contributed by atoms with Crippen molar-refractivity contribution < 1.29 is 0 Å². The first-order chi connectivity index (χ1) is 12.9. The van der Waals surface area contributed by atoms with Crippen molar-refractivity contribution in [3.05, 3.63) is 77.7 Å². The molecule has 0 aliphatic heterocycles. The van der Waals surface area contributed by atoms with Gasteiger partial charge in [-0.05, 0) is 24.0 Å². The summed E-state index contributed by atoms with van der Waals surface area (Å²) in [6, 6.07) is 21.9. The van der Waals surface area contributed by atoms with Gasteiger partial charge in [-0.1, -0.05) is 132 Å². The largest absolute Gasteiger partial charge is 0.0654 e. The van der Waals surface area contributed by atoms with Crippen molar-refractivity contribution >= 4 is 0 Å². The van der Waals surface area contributed by atoms with Gasteiger partial charge in [0.2, 0.25) is 0 Å². The molecule has 0 spiro atoms. The van der Waals surface area contributed by atoms with E-state index in [1.54, 1.807) is 5.92 Å². The minimum Gasteiger partial charge on any atom is -0.0654 e. The van der Waals surface area contributed by atoms with E-state index in [0.717, 1.165) is 6.42 Å². The number of hydrogen-bond donors (Lipinski definition) is 0. The maximum Gasteiger partial charge on any atom is 0.00933 e. The summed E-state index contributed by atoms with van der Waals surface area (Å²) in [6.07, 6.45) is 16.4. The average molecular weight is 350 g/mol. The van der Waals surface area contributed by atoms with Crippen molar-refractivity contribution in [2.75, 3.05) is 0 Å². The Morgan fingerprint density at radius 1 is 0.577 bits per heavy atom. The van der Waals surface area contributed by atoms with Crippen LogP contribution in [-0.2, 0) is 6.42 Å². The van der Waals surface area contributed by atoms with Crippen LogP contribution in [0.2, 0.25) is 0 Å². The van der Waals surface area contributed by atoms with Gasteiger partial charge in [-0.15, -0.1) is 0 Å². The zero-order chi connectivity index (χ0) is 18.3. The molecule has 26 heavy (non-hydrogen) atoms. The molecule has 0 unspecified atom stereocenters. The lowest BCUT2D eigenvalue weighted by atomic mass is 9.87. The van der Waals surface area contributed by atoms with Gasteiger partial charge >= 0.3 is 0 Å². The van der Waals surface area contributed by atoms with E-state index in [1.807, 2.05) is 0 Å². The van der Waals surface area contributed by atoms with Crippen LogP contribution in [0.5, 0.6) is 0 Å². The second-order valence-corrected chi connectivity index (χ2v) is 7.56. The molecule has 0 bridgehead atoms. The van der Waals surface area contributed by atoms with Gasteiger partial charge in [0.15, 0.2) is 0 Å². The molecule has 0 nitrogen and oxygen atoms in total. The van der Waals surface area contributed by atoms with E-state index in [2.05, 4.69) is 67.6 Å². The lowest BCUT2D eigenvalue weighted by Gasteiger charge is -2.17. The summed E-state index contributed by atoms with van der Waals surface area (Å²) in [5.41, 5.74) is 2.85. The van der Waals surface area contributed by atoms with Crippen LogP contribution < -0.4 is 0 Å². The summed E-state index contributed by atoms with van der Waals surface area (Å²) in [5.74, 6) is 1.59. The van der Waals surface area contributed by atoms with Crippen LogP contribution in [0.4, 0.5) is 0 Å². The lowest BCUT2D eigenvalue weighted by molar-refractivity contribution is 0.551. The minimum absolute atomic E-state index is 1.09. The van der Waals surface area contributed by atoms with E-state index in [4.69, 9.17) is 0 Å². The van der Waals surface area contributed by atoms with Gasteiger partial charge in [0.05, 0.1) is 0 Å². The topological polar surface area (TPSA) is 0 Å². The highest BCUT2D eigenvalue weighted by Gasteiger charge is 2.12. The molecule has 2 rings (SSSR count). The summed E-state index contributed by atoms with van der Waals surface area (Å²) in [4.78, 5) is 0. The smallest absolute Gasteiger partial charge is 0.00933 e. The monoisotopic (exact) mass is 349 g/mol. The molecule has 1 radical (unpaired) electrons. The van der Waals surface area contributed by atoms with Crippen molar-refractivity contribution in [1.29, 1.82) is 0 Å². The molecule has 0 aliphatic carbocycles. The van der Waals surface area contributed by atoms with Gasteiger partial charge < -0.3 is 0 Å². The first kappa shape index (κ1) is 20.7. The summed E-state index contributed by atoms with van der Waals surface area (Å²) >= 11 is 0. The highest BCUT2D eigenvalue weighted by atomic mass is 14.2. The highest BCUT2D eigenvalue weighted by molar-refractivity contribution is 5.34. The van der Waals surface area contributed by atoms with Crippen LogP contribution in [0.15, 0.2) is 60.7 Å². The van der Waals surface area contributed by atoms with Gasteiger partial charge in [0.1, 0.15) is 0 Å². The first-order valence-electron chi connectivity index (χ1n) is 10.8. The van der Waals surface area contributed by atoms with E-state index in [0.29, 0.717) is 0 Å². The lowest BCUT2D eigenvalue weighted by Crippen LogP contribution is -2.04. The molecule has 0 saturated carbocycles. The van der Waals surface area contributed by atoms with Crippen LogP contribution in [0, 0.1) is 5.92 Å². The Kier molecular flexibility index (Phi) is 10.9. The molecule has 0 amide bonds. The molecule has 2 aromatic carbocycles. The number of hydrogen-bond acceptors (Lipinski definition) is 0. The van der Waals surface area contributed by atoms with Crippen molar-refractivity contribution in [2.24, 2.45) is 0 Å². The normalized spacial score (nSPS) is 11.2. The number of unbranched alkanes of at least 4 members (excludes halogenated alkanes) is 9. The van der Waals surface area contributed by atoms with Crippen molar-refractivity contribution in [1.82, 2.24) is 0 Å². The van der Waals surface area contributed by atoms with Crippen LogP contribution in [0.3, 0.4) is 0 Å². The van der Waals surface area contributed by atoms with Gasteiger partial charge in [0.25, 0.3) is 0 Å². The van der Waals surface area contributed by atoms with Crippen LogP contribution in [0.1, 0.15) is 88.7 Å². The molecular formula is C26H37. The molecule has 0 atom stereocenters. The van der Waals surface area contributed by atoms with E-state index in [-0.39, 0.29) is 0 Å². The molecule has 0 aromatic heterocycles. The molecule has 0 heterocycles. The second-order valence-electron chi connectivity index (χ2n) is 7.56. The molecule has 0 fully saturated rings. The summed E-state index contributed by atoms with van der Waals surface area (Å²) in [7, 11) is 0. The molecule has 141 valence electrons. The van der Waals surface area contributed by atoms with Crippen molar-refractivity contribution in [3.8, 4) is 0 Å². The SMILES string of the molecule is CCCCCCCCCCCC[C](Cc1ccccc1)c1ccccc1. The fourth-order valence-corrected chi connectivity index (χ4v) is 3.68. The first-order valence-corrected chi connectivity index (χ1v) is 10.8. The summed E-state index contributed by atoms with van der Waals surface area (Å²) in [5, 5.41) is 0. The number of rotatable bonds is 14. The Balaban J connectivity index is 1.67. The Labute approximate surface area is 162 Å². The Bertz CT molecular complexity index is 543.